The van der Waals surface area contributed by atoms with E-state index in [0.29, 0.717) is 17.6 Å². The maximum atomic E-state index is 5.05. The van der Waals surface area contributed by atoms with Gasteiger partial charge in [-0.05, 0) is 41.5 Å². The number of nitrogens with zero attached hydrogens (tertiary/aromatic N) is 5. The first-order chi connectivity index (χ1) is 19.8. The maximum Gasteiger partial charge on any atom is 0.238 e. The van der Waals surface area contributed by atoms with Crippen molar-refractivity contribution >= 4 is 43.4 Å². The molecule has 0 aliphatic carbocycles. The van der Waals surface area contributed by atoms with Crippen LogP contribution in [0.1, 0.15) is 0 Å². The van der Waals surface area contributed by atoms with Gasteiger partial charge in [-0.3, -0.25) is 4.57 Å². The standard InChI is InChI=1S/C34H21N5S/c1-2-8-22(9-3-1)23-14-16-24(17-15-23)32-36-33(25-18-19-31-28(20-25)35-21-40-31)38-34(37-32)39-29-12-6-4-10-26(29)27-11-5-7-13-30(27)39/h1-21H. The molecule has 0 radical (unpaired) electrons. The molecule has 0 N–H and O–H groups in total. The van der Waals surface area contributed by atoms with E-state index in [9.17, 15) is 0 Å². The van der Waals surface area contributed by atoms with Gasteiger partial charge >= 0.3 is 0 Å². The lowest BCUT2D eigenvalue weighted by Gasteiger charge is -2.11. The van der Waals surface area contributed by atoms with E-state index >= 15 is 0 Å². The molecule has 8 rings (SSSR count). The number of thiazole rings is 1. The lowest BCUT2D eigenvalue weighted by Crippen LogP contribution is -2.06. The van der Waals surface area contributed by atoms with Crippen molar-refractivity contribution in [1.82, 2.24) is 24.5 Å². The summed E-state index contributed by atoms with van der Waals surface area (Å²) in [5.74, 6) is 1.83. The molecule has 5 nitrogen and oxygen atoms in total. The molecular formula is C34H21N5S. The van der Waals surface area contributed by atoms with E-state index < -0.39 is 0 Å². The second-order valence-electron chi connectivity index (χ2n) is 9.63. The highest BCUT2D eigenvalue weighted by Crippen LogP contribution is 2.33. The lowest BCUT2D eigenvalue weighted by molar-refractivity contribution is 0.953. The summed E-state index contributed by atoms with van der Waals surface area (Å²) in [6.07, 6.45) is 0. The second kappa shape index (κ2) is 9.22. The van der Waals surface area contributed by atoms with Crippen LogP contribution in [0.2, 0.25) is 0 Å². The largest absolute Gasteiger partial charge is 0.278 e. The Morgan fingerprint density at radius 1 is 0.500 bits per heavy atom. The third-order valence-electron chi connectivity index (χ3n) is 7.24. The SMILES string of the molecule is c1ccc(-c2ccc(-c3nc(-c4ccc5scnc5c4)nc(-n4c5ccccc5c5ccccc54)n3)cc2)cc1. The Hall–Kier alpha value is -5.20. The molecule has 5 aromatic carbocycles. The van der Waals surface area contributed by atoms with E-state index in [1.165, 1.54) is 5.56 Å². The molecule has 8 aromatic rings. The minimum absolute atomic E-state index is 0.586. The molecule has 6 heteroatoms. The Labute approximate surface area is 234 Å². The average Bonchev–Trinajstić information content (AvgIpc) is 3.64. The quantitative estimate of drug-likeness (QED) is 0.228. The van der Waals surface area contributed by atoms with Crippen molar-refractivity contribution in [1.29, 1.82) is 0 Å². The van der Waals surface area contributed by atoms with Crippen LogP contribution >= 0.6 is 11.3 Å². The van der Waals surface area contributed by atoms with Gasteiger partial charge in [0, 0.05) is 21.9 Å². The summed E-state index contributed by atoms with van der Waals surface area (Å²) in [6.45, 7) is 0. The summed E-state index contributed by atoms with van der Waals surface area (Å²) < 4.78 is 3.27. The van der Waals surface area contributed by atoms with Gasteiger partial charge in [-0.1, -0.05) is 91.0 Å². The van der Waals surface area contributed by atoms with Gasteiger partial charge in [0.15, 0.2) is 11.6 Å². The average molecular weight is 532 g/mol. The molecule has 0 aliphatic heterocycles. The van der Waals surface area contributed by atoms with E-state index in [4.69, 9.17) is 15.0 Å². The summed E-state index contributed by atoms with van der Waals surface area (Å²) in [6, 6.07) is 41.8. The van der Waals surface area contributed by atoms with E-state index in [-0.39, 0.29) is 0 Å². The lowest BCUT2D eigenvalue weighted by atomic mass is 10.0. The molecule has 40 heavy (non-hydrogen) atoms. The zero-order valence-corrected chi connectivity index (χ0v) is 22.1. The topological polar surface area (TPSA) is 56.5 Å². The van der Waals surface area contributed by atoms with E-state index in [0.717, 1.165) is 48.7 Å². The maximum absolute atomic E-state index is 5.05. The van der Waals surface area contributed by atoms with Crippen molar-refractivity contribution in [2.75, 3.05) is 0 Å². The molecule has 0 aliphatic rings. The highest BCUT2D eigenvalue weighted by Gasteiger charge is 2.17. The van der Waals surface area contributed by atoms with Gasteiger partial charge in [-0.2, -0.15) is 9.97 Å². The van der Waals surface area contributed by atoms with Gasteiger partial charge in [0.1, 0.15) is 0 Å². The first kappa shape index (κ1) is 22.8. The predicted octanol–water partition coefficient (Wildman–Crippen LogP) is 8.58. The van der Waals surface area contributed by atoms with E-state index in [1.54, 1.807) is 11.3 Å². The Bertz CT molecular complexity index is 2110. The third kappa shape index (κ3) is 3.77. The molecule has 3 aromatic heterocycles. The summed E-state index contributed by atoms with van der Waals surface area (Å²) >= 11 is 1.63. The van der Waals surface area contributed by atoms with Crippen LogP contribution in [0.25, 0.3) is 71.9 Å². The molecule has 0 atom stereocenters. The molecule has 3 heterocycles. The molecular weight excluding hydrogens is 510 g/mol. The summed E-state index contributed by atoms with van der Waals surface area (Å²) in [5.41, 5.74) is 9.08. The number of para-hydroxylation sites is 2. The first-order valence-electron chi connectivity index (χ1n) is 13.1. The Kier molecular flexibility index (Phi) is 5.24. The highest BCUT2D eigenvalue weighted by molar-refractivity contribution is 7.16. The summed E-state index contributed by atoms with van der Waals surface area (Å²) in [5, 5.41) is 2.33. The minimum atomic E-state index is 0.586. The third-order valence-corrected chi connectivity index (χ3v) is 8.05. The molecule has 188 valence electrons. The van der Waals surface area contributed by atoms with Crippen molar-refractivity contribution in [3.05, 3.63) is 127 Å². The van der Waals surface area contributed by atoms with Crippen LogP contribution in [0.15, 0.2) is 127 Å². The highest BCUT2D eigenvalue weighted by atomic mass is 32.1. The molecule has 0 saturated carbocycles. The van der Waals surface area contributed by atoms with Crippen LogP contribution in [0.3, 0.4) is 0 Å². The zero-order chi connectivity index (χ0) is 26.5. The Morgan fingerprint density at radius 2 is 1.07 bits per heavy atom. The van der Waals surface area contributed by atoms with Crippen LogP contribution < -0.4 is 0 Å². The number of hydrogen-bond donors (Lipinski definition) is 0. The Morgan fingerprint density at radius 3 is 1.80 bits per heavy atom. The number of fused-ring (bicyclic) bond motifs is 4. The molecule has 0 amide bonds. The monoisotopic (exact) mass is 531 g/mol. The van der Waals surface area contributed by atoms with Crippen LogP contribution in [-0.4, -0.2) is 24.5 Å². The van der Waals surface area contributed by atoms with Crippen molar-refractivity contribution < 1.29 is 0 Å². The van der Waals surface area contributed by atoms with Crippen molar-refractivity contribution in [3.63, 3.8) is 0 Å². The van der Waals surface area contributed by atoms with E-state index in [2.05, 4.69) is 125 Å². The number of rotatable bonds is 4. The molecule has 0 bridgehead atoms. The van der Waals surface area contributed by atoms with Crippen molar-refractivity contribution in [3.8, 4) is 39.9 Å². The molecule has 0 fully saturated rings. The normalized spacial score (nSPS) is 11.5. The fourth-order valence-corrected chi connectivity index (χ4v) is 5.96. The number of hydrogen-bond acceptors (Lipinski definition) is 5. The first-order valence-corrected chi connectivity index (χ1v) is 13.9. The molecule has 0 unspecified atom stereocenters. The second-order valence-corrected chi connectivity index (χ2v) is 10.5. The summed E-state index contributed by atoms with van der Waals surface area (Å²) in [7, 11) is 0. The number of aromatic nitrogens is 5. The number of benzene rings is 5. The van der Waals surface area contributed by atoms with Crippen LogP contribution in [0.4, 0.5) is 0 Å². The van der Waals surface area contributed by atoms with Gasteiger partial charge in [-0.15, -0.1) is 11.3 Å². The zero-order valence-electron chi connectivity index (χ0n) is 21.3. The van der Waals surface area contributed by atoms with Crippen LogP contribution in [-0.2, 0) is 0 Å². The van der Waals surface area contributed by atoms with Crippen molar-refractivity contribution in [2.45, 2.75) is 0 Å². The van der Waals surface area contributed by atoms with Gasteiger partial charge in [0.05, 0.1) is 26.8 Å². The fraction of sp³-hybridized carbons (Fsp3) is 0. The smallest absolute Gasteiger partial charge is 0.238 e. The minimum Gasteiger partial charge on any atom is -0.278 e. The molecule has 0 spiro atoms. The van der Waals surface area contributed by atoms with Gasteiger partial charge in [0.2, 0.25) is 5.95 Å². The summed E-state index contributed by atoms with van der Waals surface area (Å²) in [4.78, 5) is 19.6. The fourth-order valence-electron chi connectivity index (χ4n) is 5.30. The predicted molar refractivity (Wildman–Crippen MR) is 164 cm³/mol. The van der Waals surface area contributed by atoms with Gasteiger partial charge in [-0.25, -0.2) is 9.97 Å². The van der Waals surface area contributed by atoms with E-state index in [1.807, 2.05) is 11.6 Å². The van der Waals surface area contributed by atoms with Gasteiger partial charge < -0.3 is 0 Å². The molecule has 0 saturated heterocycles. The van der Waals surface area contributed by atoms with Crippen LogP contribution in [0, 0.1) is 0 Å². The Balaban J connectivity index is 1.36. The van der Waals surface area contributed by atoms with Crippen LogP contribution in [0.5, 0.6) is 0 Å². The van der Waals surface area contributed by atoms with Crippen molar-refractivity contribution in [2.24, 2.45) is 0 Å². The van der Waals surface area contributed by atoms with Gasteiger partial charge in [0.25, 0.3) is 0 Å².